The first kappa shape index (κ1) is 14.6. The van der Waals surface area contributed by atoms with E-state index in [-0.39, 0.29) is 0 Å². The first-order valence-electron chi connectivity index (χ1n) is 7.03. The maximum absolute atomic E-state index is 3.64. The molecule has 0 N–H and O–H groups in total. The highest BCUT2D eigenvalue weighted by Gasteiger charge is 2.07. The van der Waals surface area contributed by atoms with E-state index >= 15 is 0 Å². The van der Waals surface area contributed by atoms with Crippen LogP contribution < -0.4 is 0 Å². The van der Waals surface area contributed by atoms with Gasteiger partial charge in [0.05, 0.1) is 0 Å². The molecule has 0 atom stereocenters. The molecule has 0 radical (unpaired) electrons. The van der Waals surface area contributed by atoms with E-state index in [1.54, 1.807) is 0 Å². The minimum Gasteiger partial charge on any atom is -0.140 e. The zero-order valence-corrected chi connectivity index (χ0v) is 14.6. The Bertz CT molecular complexity index is 756. The van der Waals surface area contributed by atoms with Gasteiger partial charge in [-0.2, -0.15) is 0 Å². The van der Waals surface area contributed by atoms with Crippen molar-refractivity contribution in [2.24, 2.45) is 0 Å². The molecule has 0 nitrogen and oxygen atoms in total. The van der Waals surface area contributed by atoms with Crippen LogP contribution in [0.5, 0.6) is 0 Å². The third kappa shape index (κ3) is 3.28. The quantitative estimate of drug-likeness (QED) is 0.510. The van der Waals surface area contributed by atoms with Gasteiger partial charge in [-0.3, -0.25) is 0 Å². The first-order chi connectivity index (χ1) is 10.1. The lowest BCUT2D eigenvalue weighted by molar-refractivity contribution is 1.17. The Balaban J connectivity index is 1.87. The van der Waals surface area contributed by atoms with E-state index in [4.69, 9.17) is 0 Å². The molecule has 0 aliphatic carbocycles. The molecule has 0 saturated heterocycles. The summed E-state index contributed by atoms with van der Waals surface area (Å²) in [5.74, 6) is 0. The van der Waals surface area contributed by atoms with Crippen LogP contribution in [-0.2, 0) is 6.42 Å². The van der Waals surface area contributed by atoms with Gasteiger partial charge in [0, 0.05) is 20.6 Å². The molecule has 3 rings (SSSR count). The highest BCUT2D eigenvalue weighted by molar-refractivity contribution is 9.10. The molecule has 0 spiro atoms. The fourth-order valence-electron chi connectivity index (χ4n) is 2.48. The van der Waals surface area contributed by atoms with Crippen molar-refractivity contribution in [3.63, 3.8) is 0 Å². The number of benzene rings is 2. The van der Waals surface area contributed by atoms with E-state index in [0.29, 0.717) is 0 Å². The molecule has 1 heterocycles. The smallest absolute Gasteiger partial charge is 0.0345 e. The van der Waals surface area contributed by atoms with Crippen LogP contribution in [0, 0.1) is 13.8 Å². The highest BCUT2D eigenvalue weighted by atomic mass is 79.9. The number of hydrogen-bond acceptors (Lipinski definition) is 1. The van der Waals surface area contributed by atoms with Gasteiger partial charge in [0.15, 0.2) is 0 Å². The summed E-state index contributed by atoms with van der Waals surface area (Å²) in [6.07, 6.45) is 1.00. The van der Waals surface area contributed by atoms with Crippen LogP contribution in [-0.4, -0.2) is 0 Å². The van der Waals surface area contributed by atoms with E-state index < -0.39 is 0 Å². The summed E-state index contributed by atoms with van der Waals surface area (Å²) in [6, 6.07) is 19.6. The maximum Gasteiger partial charge on any atom is 0.0345 e. The number of rotatable bonds is 3. The number of hydrogen-bond donors (Lipinski definition) is 0. The molecule has 0 aliphatic rings. The number of thiophene rings is 1. The van der Waals surface area contributed by atoms with E-state index in [2.05, 4.69) is 84.4 Å². The molecule has 21 heavy (non-hydrogen) atoms. The molecule has 0 unspecified atom stereocenters. The van der Waals surface area contributed by atoms with Crippen molar-refractivity contribution < 1.29 is 0 Å². The van der Waals surface area contributed by atoms with Crippen LogP contribution in [0.25, 0.3) is 10.4 Å². The van der Waals surface area contributed by atoms with Crippen LogP contribution in [0.1, 0.15) is 21.6 Å². The SMILES string of the molecule is Cc1cc(C)c(Cc2ccc(-c3ccccc3)s2)cc1Br. The molecule has 0 aliphatic heterocycles. The second-order valence-corrected chi connectivity index (χ2v) is 7.36. The summed E-state index contributed by atoms with van der Waals surface area (Å²) in [4.78, 5) is 2.75. The Morgan fingerprint density at radius 3 is 2.43 bits per heavy atom. The molecule has 106 valence electrons. The molecule has 0 saturated carbocycles. The van der Waals surface area contributed by atoms with Crippen molar-refractivity contribution in [2.45, 2.75) is 20.3 Å². The summed E-state index contributed by atoms with van der Waals surface area (Å²) >= 11 is 5.52. The van der Waals surface area contributed by atoms with Gasteiger partial charge in [0.25, 0.3) is 0 Å². The second kappa shape index (κ2) is 6.17. The van der Waals surface area contributed by atoms with E-state index in [1.165, 1.54) is 36.5 Å². The standard InChI is InChI=1S/C19H17BrS/c1-13-10-14(2)18(20)12-16(13)11-17-8-9-19(21-17)15-6-4-3-5-7-15/h3-10,12H,11H2,1-2H3. The minimum absolute atomic E-state index is 1.00. The normalized spacial score (nSPS) is 10.8. The average molecular weight is 357 g/mol. The molecule has 2 aromatic carbocycles. The van der Waals surface area contributed by atoms with E-state index in [1.807, 2.05) is 11.3 Å². The lowest BCUT2D eigenvalue weighted by atomic mass is 10.0. The van der Waals surface area contributed by atoms with Crippen LogP contribution in [0.3, 0.4) is 0 Å². The molecule has 3 aromatic rings. The number of aryl methyl sites for hydroxylation is 2. The van der Waals surface area contributed by atoms with Gasteiger partial charge in [0.1, 0.15) is 0 Å². The highest BCUT2D eigenvalue weighted by Crippen LogP contribution is 2.30. The molecule has 1 aromatic heterocycles. The second-order valence-electron chi connectivity index (χ2n) is 5.34. The van der Waals surface area contributed by atoms with Gasteiger partial charge < -0.3 is 0 Å². The van der Waals surface area contributed by atoms with Crippen LogP contribution in [0.4, 0.5) is 0 Å². The van der Waals surface area contributed by atoms with Crippen LogP contribution in [0.15, 0.2) is 59.1 Å². The van der Waals surface area contributed by atoms with Crippen molar-refractivity contribution >= 4 is 27.3 Å². The van der Waals surface area contributed by atoms with Gasteiger partial charge in [-0.15, -0.1) is 11.3 Å². The lowest BCUT2D eigenvalue weighted by Crippen LogP contribution is -1.91. The summed E-state index contributed by atoms with van der Waals surface area (Å²) in [5.41, 5.74) is 5.36. The van der Waals surface area contributed by atoms with E-state index in [9.17, 15) is 0 Å². The predicted molar refractivity (Wildman–Crippen MR) is 96.2 cm³/mol. The van der Waals surface area contributed by atoms with Crippen molar-refractivity contribution in [3.8, 4) is 10.4 Å². The summed E-state index contributed by atoms with van der Waals surface area (Å²) < 4.78 is 1.20. The molecular formula is C19H17BrS. The minimum atomic E-state index is 1.00. The third-order valence-corrected chi connectivity index (χ3v) is 5.69. The first-order valence-corrected chi connectivity index (χ1v) is 8.64. The molecule has 2 heteroatoms. The van der Waals surface area contributed by atoms with Gasteiger partial charge in [0.2, 0.25) is 0 Å². The van der Waals surface area contributed by atoms with Crippen molar-refractivity contribution in [1.29, 1.82) is 0 Å². The maximum atomic E-state index is 3.64. The summed E-state index contributed by atoms with van der Waals surface area (Å²) in [5, 5.41) is 0. The zero-order chi connectivity index (χ0) is 14.8. The largest absolute Gasteiger partial charge is 0.140 e. The van der Waals surface area contributed by atoms with Gasteiger partial charge >= 0.3 is 0 Å². The third-order valence-electron chi connectivity index (χ3n) is 3.70. The fourth-order valence-corrected chi connectivity index (χ4v) is 3.90. The molecular weight excluding hydrogens is 340 g/mol. The summed E-state index contributed by atoms with van der Waals surface area (Å²) in [7, 11) is 0. The summed E-state index contributed by atoms with van der Waals surface area (Å²) in [6.45, 7) is 4.33. The lowest BCUT2D eigenvalue weighted by Gasteiger charge is -2.08. The monoisotopic (exact) mass is 356 g/mol. The Morgan fingerprint density at radius 1 is 0.905 bits per heavy atom. The fraction of sp³-hybridized carbons (Fsp3) is 0.158. The topological polar surface area (TPSA) is 0 Å². The molecule has 0 fully saturated rings. The predicted octanol–water partition coefficient (Wildman–Crippen LogP) is 6.39. The molecule has 0 bridgehead atoms. The Kier molecular flexibility index (Phi) is 4.27. The van der Waals surface area contributed by atoms with Crippen LogP contribution in [0.2, 0.25) is 0 Å². The number of halogens is 1. The van der Waals surface area contributed by atoms with Crippen molar-refractivity contribution in [1.82, 2.24) is 0 Å². The van der Waals surface area contributed by atoms with Gasteiger partial charge in [-0.25, -0.2) is 0 Å². The van der Waals surface area contributed by atoms with Gasteiger partial charge in [-0.1, -0.05) is 52.3 Å². The Hall–Kier alpha value is -1.38. The van der Waals surface area contributed by atoms with Crippen molar-refractivity contribution in [2.75, 3.05) is 0 Å². The molecule has 0 amide bonds. The Labute approximate surface area is 138 Å². The average Bonchev–Trinajstić information content (AvgIpc) is 2.94. The van der Waals surface area contributed by atoms with Crippen molar-refractivity contribution in [3.05, 3.63) is 80.6 Å². The van der Waals surface area contributed by atoms with E-state index in [0.717, 1.165) is 6.42 Å². The Morgan fingerprint density at radius 2 is 1.67 bits per heavy atom. The zero-order valence-electron chi connectivity index (χ0n) is 12.2. The van der Waals surface area contributed by atoms with Gasteiger partial charge in [-0.05, 0) is 54.3 Å². The van der Waals surface area contributed by atoms with Crippen LogP contribution >= 0.6 is 27.3 Å².